The molecular formula is C14H16O3. The van der Waals surface area contributed by atoms with Crippen molar-refractivity contribution < 1.29 is 14.3 Å². The summed E-state index contributed by atoms with van der Waals surface area (Å²) in [6, 6.07) is 9.09. The van der Waals surface area contributed by atoms with Crippen molar-refractivity contribution in [2.75, 3.05) is 7.11 Å². The Balaban J connectivity index is 2.30. The SMILES string of the molecule is COC(=O)CCC/C=C/C(=O)c1ccccc1. The minimum absolute atomic E-state index is 0.0105. The molecule has 0 heterocycles. The predicted octanol–water partition coefficient (Wildman–Crippen LogP) is 2.77. The molecule has 3 heteroatoms. The van der Waals surface area contributed by atoms with E-state index < -0.39 is 0 Å². The molecule has 0 saturated heterocycles. The Morgan fingerprint density at radius 2 is 1.94 bits per heavy atom. The third kappa shape index (κ3) is 5.11. The molecule has 0 amide bonds. The van der Waals surface area contributed by atoms with Crippen LogP contribution in [0.5, 0.6) is 0 Å². The molecule has 17 heavy (non-hydrogen) atoms. The largest absolute Gasteiger partial charge is 0.469 e. The highest BCUT2D eigenvalue weighted by molar-refractivity contribution is 6.04. The number of ketones is 1. The highest BCUT2D eigenvalue weighted by Gasteiger charge is 2.00. The number of hydrogen-bond donors (Lipinski definition) is 0. The number of unbranched alkanes of at least 4 members (excludes halogenated alkanes) is 1. The summed E-state index contributed by atoms with van der Waals surface area (Å²) in [7, 11) is 1.37. The maximum absolute atomic E-state index is 11.6. The van der Waals surface area contributed by atoms with E-state index in [4.69, 9.17) is 0 Å². The molecule has 0 radical (unpaired) electrons. The van der Waals surface area contributed by atoms with E-state index in [1.54, 1.807) is 24.3 Å². The molecule has 1 rings (SSSR count). The molecule has 0 aromatic heterocycles. The second kappa shape index (κ2) is 7.39. The van der Waals surface area contributed by atoms with Crippen LogP contribution in [0.15, 0.2) is 42.5 Å². The van der Waals surface area contributed by atoms with Crippen LogP contribution in [0.2, 0.25) is 0 Å². The number of esters is 1. The Morgan fingerprint density at radius 1 is 1.24 bits per heavy atom. The fraction of sp³-hybridized carbons (Fsp3) is 0.286. The summed E-state index contributed by atoms with van der Waals surface area (Å²) in [6.45, 7) is 0. The second-order valence-corrected chi connectivity index (χ2v) is 3.60. The number of benzene rings is 1. The van der Waals surface area contributed by atoms with Crippen molar-refractivity contribution >= 4 is 11.8 Å². The van der Waals surface area contributed by atoms with Gasteiger partial charge in [0.05, 0.1) is 7.11 Å². The lowest BCUT2D eigenvalue weighted by Crippen LogP contribution is -1.98. The number of hydrogen-bond acceptors (Lipinski definition) is 3. The van der Waals surface area contributed by atoms with Gasteiger partial charge in [-0.25, -0.2) is 0 Å². The first-order valence-electron chi connectivity index (χ1n) is 5.57. The van der Waals surface area contributed by atoms with Gasteiger partial charge in [0.15, 0.2) is 5.78 Å². The van der Waals surface area contributed by atoms with Gasteiger partial charge < -0.3 is 4.74 Å². The molecule has 0 aliphatic carbocycles. The molecular weight excluding hydrogens is 216 g/mol. The molecule has 0 aliphatic rings. The van der Waals surface area contributed by atoms with Gasteiger partial charge in [-0.05, 0) is 18.9 Å². The third-order valence-electron chi connectivity index (χ3n) is 2.31. The first kappa shape index (κ1) is 13.2. The molecule has 90 valence electrons. The minimum atomic E-state index is -0.215. The first-order valence-corrected chi connectivity index (χ1v) is 5.57. The average molecular weight is 232 g/mol. The summed E-state index contributed by atoms with van der Waals surface area (Å²) in [5.41, 5.74) is 0.678. The predicted molar refractivity (Wildman–Crippen MR) is 65.8 cm³/mol. The molecule has 0 aliphatic heterocycles. The zero-order valence-electron chi connectivity index (χ0n) is 9.89. The smallest absolute Gasteiger partial charge is 0.305 e. The minimum Gasteiger partial charge on any atom is -0.469 e. The van der Waals surface area contributed by atoms with Crippen LogP contribution in [0, 0.1) is 0 Å². The van der Waals surface area contributed by atoms with E-state index in [0.717, 1.165) is 0 Å². The topological polar surface area (TPSA) is 43.4 Å². The summed E-state index contributed by atoms with van der Waals surface area (Å²) in [5.74, 6) is -0.226. The Kier molecular flexibility index (Phi) is 5.72. The maximum atomic E-state index is 11.6. The van der Waals surface area contributed by atoms with Gasteiger partial charge in [-0.15, -0.1) is 0 Å². The number of allylic oxidation sites excluding steroid dienone is 2. The van der Waals surface area contributed by atoms with Crippen molar-refractivity contribution in [3.63, 3.8) is 0 Å². The molecule has 1 aromatic rings. The van der Waals surface area contributed by atoms with Crippen LogP contribution < -0.4 is 0 Å². The van der Waals surface area contributed by atoms with Gasteiger partial charge in [0.2, 0.25) is 0 Å². The quantitative estimate of drug-likeness (QED) is 0.328. The number of carbonyl (C=O) groups is 2. The molecule has 3 nitrogen and oxygen atoms in total. The van der Waals surface area contributed by atoms with Gasteiger partial charge in [-0.3, -0.25) is 9.59 Å². The van der Waals surface area contributed by atoms with Crippen molar-refractivity contribution in [2.45, 2.75) is 19.3 Å². The van der Waals surface area contributed by atoms with Crippen LogP contribution in [0.1, 0.15) is 29.6 Å². The van der Waals surface area contributed by atoms with Crippen LogP contribution in [0.4, 0.5) is 0 Å². The van der Waals surface area contributed by atoms with E-state index in [2.05, 4.69) is 4.74 Å². The van der Waals surface area contributed by atoms with E-state index in [-0.39, 0.29) is 11.8 Å². The van der Waals surface area contributed by atoms with Crippen molar-refractivity contribution in [3.8, 4) is 0 Å². The van der Waals surface area contributed by atoms with Gasteiger partial charge in [0.1, 0.15) is 0 Å². The molecule has 0 atom stereocenters. The lowest BCUT2D eigenvalue weighted by Gasteiger charge is -1.96. The molecule has 0 bridgehead atoms. The lowest BCUT2D eigenvalue weighted by atomic mass is 10.1. The van der Waals surface area contributed by atoms with Gasteiger partial charge >= 0.3 is 5.97 Å². The molecule has 0 spiro atoms. The summed E-state index contributed by atoms with van der Waals surface area (Å²) < 4.78 is 4.52. The van der Waals surface area contributed by atoms with Crippen molar-refractivity contribution in [3.05, 3.63) is 48.0 Å². The standard InChI is InChI=1S/C14H16O3/c1-17-14(16)11-7-3-6-10-13(15)12-8-4-2-5-9-12/h2,4-6,8-10H,3,7,11H2,1H3/b10-6+. The highest BCUT2D eigenvalue weighted by Crippen LogP contribution is 2.03. The highest BCUT2D eigenvalue weighted by atomic mass is 16.5. The molecule has 0 N–H and O–H groups in total. The zero-order chi connectivity index (χ0) is 12.5. The zero-order valence-corrected chi connectivity index (χ0v) is 9.89. The Bertz CT molecular complexity index is 393. The van der Waals surface area contributed by atoms with E-state index >= 15 is 0 Å². The number of ether oxygens (including phenoxy) is 1. The van der Waals surface area contributed by atoms with E-state index in [9.17, 15) is 9.59 Å². The van der Waals surface area contributed by atoms with Crippen LogP contribution in [0.3, 0.4) is 0 Å². The van der Waals surface area contributed by atoms with E-state index in [1.165, 1.54) is 7.11 Å². The van der Waals surface area contributed by atoms with Crippen molar-refractivity contribution in [1.82, 2.24) is 0 Å². The first-order chi connectivity index (χ1) is 8.24. The Morgan fingerprint density at radius 3 is 2.59 bits per heavy atom. The van der Waals surface area contributed by atoms with Gasteiger partial charge in [-0.2, -0.15) is 0 Å². The number of methoxy groups -OCH3 is 1. The monoisotopic (exact) mass is 232 g/mol. The fourth-order valence-electron chi connectivity index (χ4n) is 1.36. The summed E-state index contributed by atoms with van der Waals surface area (Å²) in [4.78, 5) is 22.4. The second-order valence-electron chi connectivity index (χ2n) is 3.60. The van der Waals surface area contributed by atoms with E-state index in [0.29, 0.717) is 24.8 Å². The van der Waals surface area contributed by atoms with Gasteiger partial charge in [0.25, 0.3) is 0 Å². The Labute approximate surface area is 101 Å². The number of carbonyl (C=O) groups excluding carboxylic acids is 2. The van der Waals surface area contributed by atoms with Crippen LogP contribution in [0.25, 0.3) is 0 Å². The summed E-state index contributed by atoms with van der Waals surface area (Å²) in [5, 5.41) is 0. The maximum Gasteiger partial charge on any atom is 0.305 e. The van der Waals surface area contributed by atoms with Crippen molar-refractivity contribution in [2.24, 2.45) is 0 Å². The Hall–Kier alpha value is -1.90. The van der Waals surface area contributed by atoms with Crippen LogP contribution in [-0.2, 0) is 9.53 Å². The molecule has 0 unspecified atom stereocenters. The third-order valence-corrected chi connectivity index (χ3v) is 2.31. The van der Waals surface area contributed by atoms with E-state index in [1.807, 2.05) is 18.2 Å². The molecule has 0 saturated carbocycles. The molecule has 1 aromatic carbocycles. The number of rotatable bonds is 6. The summed E-state index contributed by atoms with van der Waals surface area (Å²) >= 11 is 0. The van der Waals surface area contributed by atoms with Gasteiger partial charge in [0, 0.05) is 12.0 Å². The normalized spacial score (nSPS) is 10.4. The molecule has 0 fully saturated rings. The van der Waals surface area contributed by atoms with Gasteiger partial charge in [-0.1, -0.05) is 36.4 Å². The van der Waals surface area contributed by atoms with Crippen molar-refractivity contribution in [1.29, 1.82) is 0 Å². The lowest BCUT2D eigenvalue weighted by molar-refractivity contribution is -0.140. The average Bonchev–Trinajstić information content (AvgIpc) is 2.38. The van der Waals surface area contributed by atoms with Crippen LogP contribution >= 0.6 is 0 Å². The fourth-order valence-corrected chi connectivity index (χ4v) is 1.36. The van der Waals surface area contributed by atoms with Crippen LogP contribution in [-0.4, -0.2) is 18.9 Å². The summed E-state index contributed by atoms with van der Waals surface area (Å²) in [6.07, 6.45) is 5.13.